The molecule has 0 aliphatic heterocycles. The maximum atomic E-state index is 4.23. The van der Waals surface area contributed by atoms with Gasteiger partial charge in [-0.2, -0.15) is 5.10 Å². The van der Waals surface area contributed by atoms with Crippen LogP contribution >= 0.6 is 0 Å². The van der Waals surface area contributed by atoms with Gasteiger partial charge >= 0.3 is 0 Å². The van der Waals surface area contributed by atoms with Crippen LogP contribution in [0.4, 0.5) is 0 Å². The molecule has 5 nitrogen and oxygen atoms in total. The molecule has 0 unspecified atom stereocenters. The number of nitrogens with one attached hydrogen (secondary N) is 2. The molecule has 1 aromatic rings. The lowest BCUT2D eigenvalue weighted by atomic mass is 10.4. The molecule has 0 atom stereocenters. The van der Waals surface area contributed by atoms with Crippen LogP contribution in [0.5, 0.6) is 0 Å². The maximum Gasteiger partial charge on any atom is 0.191 e. The molecule has 0 bridgehead atoms. The van der Waals surface area contributed by atoms with Crippen LogP contribution in [-0.2, 0) is 6.54 Å². The number of rotatable bonds is 4. The summed E-state index contributed by atoms with van der Waals surface area (Å²) in [7, 11) is 1.80. The second-order valence-electron chi connectivity index (χ2n) is 4.20. The third kappa shape index (κ3) is 3.25. The smallest absolute Gasteiger partial charge is 0.191 e. The van der Waals surface area contributed by atoms with Crippen molar-refractivity contribution in [3.63, 3.8) is 0 Å². The van der Waals surface area contributed by atoms with Crippen LogP contribution < -0.4 is 10.6 Å². The predicted octanol–water partition coefficient (Wildman–Crippen LogP) is 0.519. The SMILES string of the molecule is CN=C(NCCn1cc(C)cn1)NC1CC1. The number of nitrogens with zero attached hydrogens (tertiary/aromatic N) is 3. The van der Waals surface area contributed by atoms with Gasteiger partial charge in [0.25, 0.3) is 0 Å². The van der Waals surface area contributed by atoms with E-state index < -0.39 is 0 Å². The van der Waals surface area contributed by atoms with Crippen molar-refractivity contribution in [3.05, 3.63) is 18.0 Å². The lowest BCUT2D eigenvalue weighted by Gasteiger charge is -2.10. The first-order valence-corrected chi connectivity index (χ1v) is 5.74. The Morgan fingerprint density at radius 1 is 1.62 bits per heavy atom. The molecule has 1 saturated carbocycles. The van der Waals surface area contributed by atoms with Crippen molar-refractivity contribution in [2.24, 2.45) is 4.99 Å². The second kappa shape index (κ2) is 5.01. The van der Waals surface area contributed by atoms with Gasteiger partial charge in [0.15, 0.2) is 5.96 Å². The van der Waals surface area contributed by atoms with Crippen LogP contribution in [0.3, 0.4) is 0 Å². The van der Waals surface area contributed by atoms with E-state index in [1.54, 1.807) is 7.05 Å². The monoisotopic (exact) mass is 221 g/mol. The Bertz CT molecular complexity index is 364. The highest BCUT2D eigenvalue weighted by molar-refractivity contribution is 5.80. The normalized spacial score (nSPS) is 16.2. The van der Waals surface area contributed by atoms with Gasteiger partial charge in [0, 0.05) is 25.8 Å². The van der Waals surface area contributed by atoms with Crippen molar-refractivity contribution in [1.82, 2.24) is 20.4 Å². The number of guanidine groups is 1. The van der Waals surface area contributed by atoms with E-state index in [4.69, 9.17) is 0 Å². The summed E-state index contributed by atoms with van der Waals surface area (Å²) in [6, 6.07) is 0.637. The fourth-order valence-electron chi connectivity index (χ4n) is 1.49. The van der Waals surface area contributed by atoms with Crippen LogP contribution in [-0.4, -0.2) is 35.4 Å². The summed E-state index contributed by atoms with van der Waals surface area (Å²) in [5.74, 6) is 0.895. The topological polar surface area (TPSA) is 54.2 Å². The quantitative estimate of drug-likeness (QED) is 0.575. The van der Waals surface area contributed by atoms with Crippen molar-refractivity contribution in [2.75, 3.05) is 13.6 Å². The molecule has 0 aromatic carbocycles. The van der Waals surface area contributed by atoms with Crippen LogP contribution in [0.15, 0.2) is 17.4 Å². The summed E-state index contributed by atoms with van der Waals surface area (Å²) in [4.78, 5) is 4.17. The minimum atomic E-state index is 0.637. The second-order valence-corrected chi connectivity index (χ2v) is 4.20. The first-order valence-electron chi connectivity index (χ1n) is 5.74. The molecule has 88 valence electrons. The molecule has 2 N–H and O–H groups in total. The summed E-state index contributed by atoms with van der Waals surface area (Å²) in [5.41, 5.74) is 1.19. The van der Waals surface area contributed by atoms with E-state index in [0.717, 1.165) is 19.0 Å². The van der Waals surface area contributed by atoms with E-state index in [2.05, 4.69) is 20.7 Å². The van der Waals surface area contributed by atoms with Crippen LogP contribution in [0, 0.1) is 6.92 Å². The van der Waals surface area contributed by atoms with Crippen LogP contribution in [0.25, 0.3) is 0 Å². The van der Waals surface area contributed by atoms with Crippen molar-refractivity contribution in [2.45, 2.75) is 32.4 Å². The van der Waals surface area contributed by atoms with Crippen LogP contribution in [0.2, 0.25) is 0 Å². The molecule has 0 spiro atoms. The Labute approximate surface area is 95.9 Å². The Morgan fingerprint density at radius 3 is 3.00 bits per heavy atom. The van der Waals surface area contributed by atoms with Gasteiger partial charge in [-0.15, -0.1) is 0 Å². The molecule has 16 heavy (non-hydrogen) atoms. The molecule has 0 radical (unpaired) electrons. The Kier molecular flexibility index (Phi) is 3.44. The van der Waals surface area contributed by atoms with Gasteiger partial charge in [0.05, 0.1) is 12.7 Å². The summed E-state index contributed by atoms with van der Waals surface area (Å²) in [6.07, 6.45) is 6.44. The molecule has 1 aromatic heterocycles. The maximum absolute atomic E-state index is 4.23. The molecule has 1 aliphatic rings. The van der Waals surface area contributed by atoms with E-state index in [9.17, 15) is 0 Å². The van der Waals surface area contributed by atoms with Crippen molar-refractivity contribution < 1.29 is 0 Å². The molecule has 0 saturated heterocycles. The van der Waals surface area contributed by atoms with E-state index in [0.29, 0.717) is 6.04 Å². The highest BCUT2D eigenvalue weighted by Gasteiger charge is 2.21. The van der Waals surface area contributed by atoms with Crippen molar-refractivity contribution in [1.29, 1.82) is 0 Å². The lowest BCUT2D eigenvalue weighted by Crippen LogP contribution is -2.39. The van der Waals surface area contributed by atoms with E-state index in [1.807, 2.05) is 24.0 Å². The zero-order valence-electron chi connectivity index (χ0n) is 9.90. The highest BCUT2D eigenvalue weighted by atomic mass is 15.3. The zero-order chi connectivity index (χ0) is 11.4. The Morgan fingerprint density at radius 2 is 2.44 bits per heavy atom. The van der Waals surface area contributed by atoms with Gasteiger partial charge < -0.3 is 10.6 Å². The predicted molar refractivity (Wildman–Crippen MR) is 64.5 cm³/mol. The molecular formula is C11H19N5. The number of aromatic nitrogens is 2. The largest absolute Gasteiger partial charge is 0.355 e. The fraction of sp³-hybridized carbons (Fsp3) is 0.636. The number of aryl methyl sites for hydroxylation is 1. The Balaban J connectivity index is 1.69. The van der Waals surface area contributed by atoms with Crippen molar-refractivity contribution >= 4 is 5.96 Å². The molecule has 1 heterocycles. The first kappa shape index (κ1) is 11.0. The number of aliphatic imine (C=N–C) groups is 1. The summed E-state index contributed by atoms with van der Waals surface area (Å²) < 4.78 is 1.94. The van der Waals surface area contributed by atoms with Crippen molar-refractivity contribution in [3.8, 4) is 0 Å². The standard InChI is InChI=1S/C11H19N5/c1-9-7-14-16(8-9)6-5-13-11(12-2)15-10-3-4-10/h7-8,10H,3-6H2,1-2H3,(H2,12,13,15). The lowest BCUT2D eigenvalue weighted by molar-refractivity contribution is 0.597. The minimum absolute atomic E-state index is 0.637. The number of hydrogen-bond acceptors (Lipinski definition) is 2. The number of hydrogen-bond donors (Lipinski definition) is 2. The summed E-state index contributed by atoms with van der Waals surface area (Å²) in [5, 5.41) is 10.8. The summed E-state index contributed by atoms with van der Waals surface area (Å²) in [6.45, 7) is 3.75. The molecule has 2 rings (SSSR count). The highest BCUT2D eigenvalue weighted by Crippen LogP contribution is 2.18. The zero-order valence-corrected chi connectivity index (χ0v) is 9.90. The van der Waals surface area contributed by atoms with Crippen LogP contribution in [0.1, 0.15) is 18.4 Å². The van der Waals surface area contributed by atoms with E-state index in [1.165, 1.54) is 18.4 Å². The third-order valence-corrected chi connectivity index (χ3v) is 2.54. The van der Waals surface area contributed by atoms with Gasteiger partial charge in [-0.25, -0.2) is 0 Å². The molecule has 5 heteroatoms. The Hall–Kier alpha value is -1.52. The average molecular weight is 221 g/mol. The third-order valence-electron chi connectivity index (χ3n) is 2.54. The fourth-order valence-corrected chi connectivity index (χ4v) is 1.49. The van der Waals surface area contributed by atoms with E-state index in [-0.39, 0.29) is 0 Å². The molecule has 1 aliphatic carbocycles. The van der Waals surface area contributed by atoms with Gasteiger partial charge in [-0.05, 0) is 25.3 Å². The van der Waals surface area contributed by atoms with Gasteiger partial charge in [-0.1, -0.05) is 0 Å². The van der Waals surface area contributed by atoms with Gasteiger partial charge in [0.1, 0.15) is 0 Å². The summed E-state index contributed by atoms with van der Waals surface area (Å²) >= 11 is 0. The molecule has 1 fully saturated rings. The van der Waals surface area contributed by atoms with Gasteiger partial charge in [-0.3, -0.25) is 9.67 Å². The minimum Gasteiger partial charge on any atom is -0.355 e. The first-order chi connectivity index (χ1) is 7.78. The molecule has 0 amide bonds. The van der Waals surface area contributed by atoms with Gasteiger partial charge in [0.2, 0.25) is 0 Å². The molecular weight excluding hydrogens is 202 g/mol. The average Bonchev–Trinajstić information content (AvgIpc) is 3.00. The van der Waals surface area contributed by atoms with E-state index >= 15 is 0 Å².